The Balaban J connectivity index is 1.93. The van der Waals surface area contributed by atoms with Crippen LogP contribution in [-0.2, 0) is 21.2 Å². The molecule has 2 aromatic carbocycles. The molecule has 0 spiro atoms. The minimum Gasteiger partial charge on any atom is -0.356 e. The van der Waals surface area contributed by atoms with Gasteiger partial charge in [0, 0.05) is 19.0 Å². The largest absolute Gasteiger partial charge is 0.356 e. The molecule has 0 saturated heterocycles. The molecule has 8 heteroatoms. The molecule has 1 aromatic heterocycles. The first-order valence-electron chi connectivity index (χ1n) is 8.86. The van der Waals surface area contributed by atoms with Crippen LogP contribution < -0.4 is 10.5 Å². The Hall–Kier alpha value is -2.97. The van der Waals surface area contributed by atoms with Gasteiger partial charge in [0.15, 0.2) is 0 Å². The summed E-state index contributed by atoms with van der Waals surface area (Å²) in [6.07, 6.45) is 1.48. The third-order valence-electron chi connectivity index (χ3n) is 4.22. The third-order valence-corrected chi connectivity index (χ3v) is 5.15. The van der Waals surface area contributed by atoms with E-state index in [0.29, 0.717) is 13.0 Å². The number of carbonyl (C=O) groups is 1. The van der Waals surface area contributed by atoms with Crippen molar-refractivity contribution in [3.8, 4) is 16.9 Å². The van der Waals surface area contributed by atoms with Gasteiger partial charge in [-0.05, 0) is 43.2 Å². The maximum absolute atomic E-state index is 11.5. The van der Waals surface area contributed by atoms with Crippen LogP contribution in [0.2, 0.25) is 0 Å². The van der Waals surface area contributed by atoms with Crippen molar-refractivity contribution >= 4 is 15.9 Å². The smallest absolute Gasteiger partial charge is 0.238 e. The van der Waals surface area contributed by atoms with E-state index < -0.39 is 10.0 Å². The van der Waals surface area contributed by atoms with Crippen molar-refractivity contribution < 1.29 is 13.2 Å². The van der Waals surface area contributed by atoms with Gasteiger partial charge in [0.1, 0.15) is 0 Å². The summed E-state index contributed by atoms with van der Waals surface area (Å²) in [4.78, 5) is 11.1. The zero-order valence-electron chi connectivity index (χ0n) is 15.5. The number of rotatable bonds is 7. The van der Waals surface area contributed by atoms with Crippen molar-refractivity contribution in [2.24, 2.45) is 5.14 Å². The first-order chi connectivity index (χ1) is 13.3. The Labute approximate surface area is 164 Å². The summed E-state index contributed by atoms with van der Waals surface area (Å²) >= 11 is 0. The molecular weight excluding hydrogens is 376 g/mol. The molecule has 0 fully saturated rings. The van der Waals surface area contributed by atoms with Gasteiger partial charge in [-0.15, -0.1) is 0 Å². The standard InChI is InChI=1S/C20H22N4O3S/c1-15(25)22-13-5-8-17-14-20(16-6-3-2-4-7-16)24(23-17)18-9-11-19(12-10-18)28(21,26)27/h2-4,6-7,9-12,14H,5,8,13H2,1H3,(H,22,25)(H2,21,26,27). The Morgan fingerprint density at radius 3 is 2.39 bits per heavy atom. The zero-order chi connectivity index (χ0) is 20.1. The third kappa shape index (κ3) is 4.85. The number of sulfonamides is 1. The summed E-state index contributed by atoms with van der Waals surface area (Å²) in [5, 5.41) is 12.6. The fraction of sp³-hybridized carbons (Fsp3) is 0.200. The molecule has 0 unspecified atom stereocenters. The van der Waals surface area contributed by atoms with Crippen molar-refractivity contribution in [1.29, 1.82) is 0 Å². The molecular formula is C20H22N4O3S. The number of aryl methyl sites for hydroxylation is 1. The maximum atomic E-state index is 11.5. The second-order valence-electron chi connectivity index (χ2n) is 6.42. The molecule has 0 atom stereocenters. The molecule has 28 heavy (non-hydrogen) atoms. The summed E-state index contributed by atoms with van der Waals surface area (Å²) in [7, 11) is -3.74. The zero-order valence-corrected chi connectivity index (χ0v) is 16.3. The van der Waals surface area contributed by atoms with Gasteiger partial charge in [-0.1, -0.05) is 30.3 Å². The van der Waals surface area contributed by atoms with E-state index in [9.17, 15) is 13.2 Å². The van der Waals surface area contributed by atoms with Crippen LogP contribution in [0.5, 0.6) is 0 Å². The van der Waals surface area contributed by atoms with Crippen molar-refractivity contribution in [2.45, 2.75) is 24.7 Å². The summed E-state index contributed by atoms with van der Waals surface area (Å²) in [6.45, 7) is 2.08. The molecule has 0 aliphatic carbocycles. The van der Waals surface area contributed by atoms with Gasteiger partial charge in [0.25, 0.3) is 0 Å². The molecule has 0 radical (unpaired) electrons. The van der Waals surface area contributed by atoms with E-state index >= 15 is 0 Å². The minimum atomic E-state index is -3.74. The first kappa shape index (κ1) is 19.8. The van der Waals surface area contributed by atoms with E-state index in [0.717, 1.165) is 29.1 Å². The highest BCUT2D eigenvalue weighted by molar-refractivity contribution is 7.89. The fourth-order valence-electron chi connectivity index (χ4n) is 2.87. The molecule has 3 N–H and O–H groups in total. The van der Waals surface area contributed by atoms with Crippen molar-refractivity contribution in [3.05, 3.63) is 66.4 Å². The Bertz CT molecular complexity index is 1060. The number of nitrogens with two attached hydrogens (primary N) is 1. The van der Waals surface area contributed by atoms with E-state index in [4.69, 9.17) is 5.14 Å². The minimum absolute atomic E-state index is 0.0505. The monoisotopic (exact) mass is 398 g/mol. The Kier molecular flexibility index (Phi) is 5.91. The van der Waals surface area contributed by atoms with Crippen LogP contribution in [0.3, 0.4) is 0 Å². The van der Waals surface area contributed by atoms with Crippen LogP contribution in [-0.4, -0.2) is 30.7 Å². The molecule has 0 aliphatic heterocycles. The maximum Gasteiger partial charge on any atom is 0.238 e. The number of hydrogen-bond acceptors (Lipinski definition) is 4. The van der Waals surface area contributed by atoms with Gasteiger partial charge in [-0.2, -0.15) is 5.10 Å². The number of primary sulfonamides is 1. The number of amides is 1. The van der Waals surface area contributed by atoms with Crippen molar-refractivity contribution in [1.82, 2.24) is 15.1 Å². The predicted molar refractivity (Wildman–Crippen MR) is 107 cm³/mol. The average Bonchev–Trinajstić information content (AvgIpc) is 3.09. The number of carbonyl (C=O) groups excluding carboxylic acids is 1. The number of nitrogens with zero attached hydrogens (tertiary/aromatic N) is 2. The van der Waals surface area contributed by atoms with Crippen molar-refractivity contribution in [2.75, 3.05) is 6.54 Å². The summed E-state index contributed by atoms with van der Waals surface area (Å²) in [6, 6.07) is 18.1. The van der Waals surface area contributed by atoms with Crippen LogP contribution >= 0.6 is 0 Å². The quantitative estimate of drug-likeness (QED) is 0.595. The van der Waals surface area contributed by atoms with E-state index in [1.165, 1.54) is 19.1 Å². The van der Waals surface area contributed by atoms with Gasteiger partial charge >= 0.3 is 0 Å². The van der Waals surface area contributed by atoms with Gasteiger partial charge in [0.05, 0.1) is 22.0 Å². The molecule has 7 nitrogen and oxygen atoms in total. The Morgan fingerprint density at radius 1 is 1.11 bits per heavy atom. The highest BCUT2D eigenvalue weighted by Gasteiger charge is 2.13. The predicted octanol–water partition coefficient (Wildman–Crippen LogP) is 2.26. The fourth-order valence-corrected chi connectivity index (χ4v) is 3.39. The van der Waals surface area contributed by atoms with Crippen molar-refractivity contribution in [3.63, 3.8) is 0 Å². The van der Waals surface area contributed by atoms with Gasteiger partial charge in [-0.25, -0.2) is 18.2 Å². The molecule has 3 rings (SSSR count). The second-order valence-corrected chi connectivity index (χ2v) is 7.99. The summed E-state index contributed by atoms with van der Waals surface area (Å²) in [5.74, 6) is -0.0505. The lowest BCUT2D eigenvalue weighted by Gasteiger charge is -2.08. The lowest BCUT2D eigenvalue weighted by atomic mass is 10.1. The highest BCUT2D eigenvalue weighted by atomic mass is 32.2. The lowest BCUT2D eigenvalue weighted by Crippen LogP contribution is -2.21. The molecule has 1 heterocycles. The van der Waals surface area contributed by atoms with Gasteiger partial charge < -0.3 is 5.32 Å². The van der Waals surface area contributed by atoms with E-state index in [2.05, 4.69) is 10.4 Å². The molecule has 146 valence electrons. The molecule has 1 amide bonds. The number of aromatic nitrogens is 2. The normalized spacial score (nSPS) is 11.4. The first-order valence-corrected chi connectivity index (χ1v) is 10.4. The van der Waals surface area contributed by atoms with Crippen LogP contribution in [0.25, 0.3) is 16.9 Å². The summed E-state index contributed by atoms with van der Waals surface area (Å²) < 4.78 is 24.8. The molecule has 3 aromatic rings. The van der Waals surface area contributed by atoms with Crippen LogP contribution in [0, 0.1) is 0 Å². The number of nitrogens with one attached hydrogen (secondary N) is 1. The van der Waals surface area contributed by atoms with Gasteiger partial charge in [0.2, 0.25) is 15.9 Å². The van der Waals surface area contributed by atoms with Gasteiger partial charge in [-0.3, -0.25) is 4.79 Å². The molecule has 0 saturated carbocycles. The van der Waals surface area contributed by atoms with E-state index in [-0.39, 0.29) is 10.8 Å². The highest BCUT2D eigenvalue weighted by Crippen LogP contribution is 2.25. The molecule has 0 bridgehead atoms. The van der Waals surface area contributed by atoms with E-state index in [1.807, 2.05) is 36.4 Å². The van der Waals surface area contributed by atoms with Crippen LogP contribution in [0.4, 0.5) is 0 Å². The van der Waals surface area contributed by atoms with Crippen LogP contribution in [0.1, 0.15) is 19.0 Å². The number of benzene rings is 2. The second kappa shape index (κ2) is 8.37. The van der Waals surface area contributed by atoms with E-state index in [1.54, 1.807) is 16.8 Å². The van der Waals surface area contributed by atoms with Crippen LogP contribution in [0.15, 0.2) is 65.6 Å². The lowest BCUT2D eigenvalue weighted by molar-refractivity contribution is -0.118. The Morgan fingerprint density at radius 2 is 1.79 bits per heavy atom. The number of hydrogen-bond donors (Lipinski definition) is 2. The SMILES string of the molecule is CC(=O)NCCCc1cc(-c2ccccc2)n(-c2ccc(S(N)(=O)=O)cc2)n1. The summed E-state index contributed by atoms with van der Waals surface area (Å²) in [5.41, 5.74) is 3.52. The topological polar surface area (TPSA) is 107 Å². The molecule has 0 aliphatic rings. The average molecular weight is 398 g/mol.